The van der Waals surface area contributed by atoms with E-state index in [-0.39, 0.29) is 48.1 Å². The molecule has 0 aromatic heterocycles. The molecule has 3 aromatic rings. The zero-order valence-corrected chi connectivity index (χ0v) is 31.0. The van der Waals surface area contributed by atoms with Gasteiger partial charge in [0.15, 0.2) is 17.9 Å². The second kappa shape index (κ2) is 18.3. The van der Waals surface area contributed by atoms with E-state index in [0.717, 1.165) is 23.1 Å². The van der Waals surface area contributed by atoms with Crippen molar-refractivity contribution in [3.8, 4) is 0 Å². The minimum absolute atomic E-state index is 0.00430. The average molecular weight is 786 g/mol. The molecular weight excluding hydrogens is 745 g/mol. The third-order valence-corrected chi connectivity index (χ3v) is 10.4. The smallest absolute Gasteiger partial charge is 0.408 e. The molecule has 282 valence electrons. The van der Waals surface area contributed by atoms with Crippen LogP contribution in [0.3, 0.4) is 0 Å². The number of ether oxygens (including phenoxy) is 2. The summed E-state index contributed by atoms with van der Waals surface area (Å²) in [6.45, 7) is 4.24. The van der Waals surface area contributed by atoms with E-state index in [1.807, 2.05) is 0 Å². The summed E-state index contributed by atoms with van der Waals surface area (Å²) in [6.07, 6.45) is -1.09. The van der Waals surface area contributed by atoms with Gasteiger partial charge in [0.2, 0.25) is 15.9 Å². The number of sulfonamides is 1. The minimum atomic E-state index is -4.49. The fourth-order valence-electron chi connectivity index (χ4n) is 5.56. The molecule has 52 heavy (non-hydrogen) atoms. The number of hydrogen-bond acceptors (Lipinski definition) is 7. The molecule has 0 spiro atoms. The van der Waals surface area contributed by atoms with Crippen molar-refractivity contribution in [2.75, 3.05) is 31.2 Å². The Bertz CT molecular complexity index is 1830. The molecule has 0 heterocycles. The van der Waals surface area contributed by atoms with E-state index < -0.39 is 69.4 Å². The number of hydrogen-bond donors (Lipinski definition) is 2. The molecule has 0 bridgehead atoms. The predicted octanol–water partition coefficient (Wildman–Crippen LogP) is 5.91. The Labute approximate surface area is 311 Å². The highest BCUT2D eigenvalue weighted by atomic mass is 35.5. The third-order valence-electron chi connectivity index (χ3n) is 8.24. The molecule has 3 aromatic carbocycles. The number of amides is 3. The van der Waals surface area contributed by atoms with Gasteiger partial charge in [-0.2, -0.15) is 0 Å². The molecule has 3 amide bonds. The Morgan fingerprint density at radius 1 is 0.942 bits per heavy atom. The summed E-state index contributed by atoms with van der Waals surface area (Å²) in [5.74, 6) is -4.28. The molecule has 1 aliphatic carbocycles. The van der Waals surface area contributed by atoms with Crippen LogP contribution >= 0.6 is 23.2 Å². The van der Waals surface area contributed by atoms with E-state index in [0.29, 0.717) is 29.4 Å². The summed E-state index contributed by atoms with van der Waals surface area (Å²) in [7, 11) is -4.49. The molecule has 17 heteroatoms. The van der Waals surface area contributed by atoms with Crippen molar-refractivity contribution in [2.45, 2.75) is 69.5 Å². The van der Waals surface area contributed by atoms with Gasteiger partial charge in [-0.3, -0.25) is 19.4 Å². The van der Waals surface area contributed by atoms with Gasteiger partial charge in [0, 0.05) is 49.1 Å². The average Bonchev–Trinajstić information content (AvgIpc) is 3.94. The van der Waals surface area contributed by atoms with Crippen LogP contribution in [0, 0.1) is 11.6 Å². The molecular formula is C35H40Cl2F2N4O8S. The summed E-state index contributed by atoms with van der Waals surface area (Å²) < 4.78 is 69.5. The van der Waals surface area contributed by atoms with Crippen LogP contribution in [0.15, 0.2) is 71.6 Å². The lowest BCUT2D eigenvalue weighted by atomic mass is 10.1. The van der Waals surface area contributed by atoms with Gasteiger partial charge < -0.3 is 19.5 Å². The molecule has 0 aliphatic heterocycles. The van der Waals surface area contributed by atoms with Crippen molar-refractivity contribution < 1.29 is 46.2 Å². The number of carbonyl (C=O) groups is 3. The topological polar surface area (TPSA) is 146 Å². The van der Waals surface area contributed by atoms with Gasteiger partial charge in [-0.25, -0.2) is 26.7 Å². The summed E-state index contributed by atoms with van der Waals surface area (Å²) >= 11 is 12.1. The van der Waals surface area contributed by atoms with Gasteiger partial charge in [0.1, 0.15) is 17.0 Å². The van der Waals surface area contributed by atoms with Crippen LogP contribution in [-0.4, -0.2) is 92.0 Å². The van der Waals surface area contributed by atoms with Crippen molar-refractivity contribution in [1.29, 1.82) is 0 Å². The highest BCUT2D eigenvalue weighted by Gasteiger charge is 2.43. The number of carbonyl (C=O) groups excluding carboxylic acids is 2. The van der Waals surface area contributed by atoms with Gasteiger partial charge in [-0.1, -0.05) is 53.5 Å². The lowest BCUT2D eigenvalue weighted by molar-refractivity contribution is -0.160. The molecule has 2 unspecified atom stereocenters. The van der Waals surface area contributed by atoms with Crippen molar-refractivity contribution >= 4 is 56.8 Å². The maximum absolute atomic E-state index is 14.8. The van der Waals surface area contributed by atoms with E-state index in [4.69, 9.17) is 32.7 Å². The minimum Gasteiger partial charge on any atom is -0.465 e. The van der Waals surface area contributed by atoms with Crippen LogP contribution in [0.5, 0.6) is 0 Å². The number of benzene rings is 3. The van der Waals surface area contributed by atoms with Crippen LogP contribution < -0.4 is 9.62 Å². The summed E-state index contributed by atoms with van der Waals surface area (Å²) in [5.41, 5.74) is 0.179. The third kappa shape index (κ3) is 10.4. The van der Waals surface area contributed by atoms with Gasteiger partial charge in [-0.15, -0.1) is 0 Å². The van der Waals surface area contributed by atoms with Crippen molar-refractivity contribution in [2.24, 2.45) is 0 Å². The Morgan fingerprint density at radius 3 is 2.15 bits per heavy atom. The zero-order valence-electron chi connectivity index (χ0n) is 28.7. The monoisotopic (exact) mass is 784 g/mol. The number of carboxylic acid groups (broad SMARTS) is 1. The first-order valence-corrected chi connectivity index (χ1v) is 18.7. The van der Waals surface area contributed by atoms with Crippen LogP contribution in [0.2, 0.25) is 10.0 Å². The number of nitrogens with one attached hydrogen (secondary N) is 1. The van der Waals surface area contributed by atoms with E-state index in [1.54, 1.807) is 44.2 Å². The molecule has 2 N–H and O–H groups in total. The molecule has 2 atom stereocenters. The molecule has 1 aliphatic rings. The lowest BCUT2D eigenvalue weighted by Crippen LogP contribution is -2.60. The summed E-state index contributed by atoms with van der Waals surface area (Å²) in [5, 5.41) is 10.4. The number of rotatable bonds is 18. The quantitative estimate of drug-likeness (QED) is 0.152. The Kier molecular flexibility index (Phi) is 14.4. The second-order valence-corrected chi connectivity index (χ2v) is 14.5. The zero-order chi connectivity index (χ0) is 38.2. The first-order valence-electron chi connectivity index (χ1n) is 16.5. The summed E-state index contributed by atoms with van der Waals surface area (Å²) in [6, 6.07) is 10.9. The largest absolute Gasteiger partial charge is 0.465 e. The lowest BCUT2D eigenvalue weighted by Gasteiger charge is -2.38. The van der Waals surface area contributed by atoms with Crippen molar-refractivity contribution in [3.63, 3.8) is 0 Å². The maximum Gasteiger partial charge on any atom is 0.408 e. The number of anilines is 1. The van der Waals surface area contributed by atoms with Gasteiger partial charge in [0.25, 0.3) is 5.91 Å². The summed E-state index contributed by atoms with van der Waals surface area (Å²) in [4.78, 5) is 44.7. The van der Waals surface area contributed by atoms with Crippen molar-refractivity contribution in [1.82, 2.24) is 14.5 Å². The molecule has 4 rings (SSSR count). The Balaban J connectivity index is 1.80. The Hall–Kier alpha value is -3.86. The maximum atomic E-state index is 14.8. The van der Waals surface area contributed by atoms with Crippen LogP contribution in [-0.2, 0) is 35.6 Å². The van der Waals surface area contributed by atoms with Gasteiger partial charge >= 0.3 is 6.09 Å². The van der Waals surface area contributed by atoms with Gasteiger partial charge in [0.05, 0.1) is 11.6 Å². The van der Waals surface area contributed by atoms with Gasteiger partial charge in [-0.05, 0) is 69.5 Å². The number of nitrogens with zero attached hydrogens (tertiary/aromatic N) is 3. The SMILES string of the molecule is CCOC(CN(C(=O)C(C)N(C(=O)C(CNS(=O)(=O)c1ccc(Cl)cc1Cl)N(Cc1ccccc1)C(=O)O)c1ccc(F)c(F)c1)C1CC1)OCC. The predicted molar refractivity (Wildman–Crippen MR) is 191 cm³/mol. The van der Waals surface area contributed by atoms with Crippen LogP contribution in [0.4, 0.5) is 19.3 Å². The fourth-order valence-corrected chi connectivity index (χ4v) is 7.37. The first kappa shape index (κ1) is 40.9. The molecule has 1 fully saturated rings. The van der Waals surface area contributed by atoms with E-state index in [9.17, 15) is 36.7 Å². The molecule has 12 nitrogen and oxygen atoms in total. The van der Waals surface area contributed by atoms with E-state index >= 15 is 0 Å². The van der Waals surface area contributed by atoms with E-state index in [2.05, 4.69) is 4.72 Å². The molecule has 1 saturated carbocycles. The number of halogens is 4. The standard InChI is InChI=1S/C35H40Cl2F2N4O8S/c1-4-50-32(51-5-2)21-41(25-12-13-25)33(44)22(3)43(26-14-15-28(38)29(39)18-26)34(45)30(42(35(46)47)20-23-9-7-6-8-10-23)19-40-52(48,49)31-16-11-24(36)17-27(31)37/h6-11,14-18,22,25,30,32,40H,4-5,12-13,19-21H2,1-3H3,(H,46,47). The normalized spacial score (nSPS) is 14.2. The second-order valence-electron chi connectivity index (χ2n) is 11.9. The van der Waals surface area contributed by atoms with Crippen LogP contribution in [0.25, 0.3) is 0 Å². The fraction of sp³-hybridized carbons (Fsp3) is 0.400. The van der Waals surface area contributed by atoms with Crippen molar-refractivity contribution in [3.05, 3.63) is 94.0 Å². The van der Waals surface area contributed by atoms with E-state index in [1.165, 1.54) is 24.0 Å². The first-order chi connectivity index (χ1) is 24.7. The highest BCUT2D eigenvalue weighted by molar-refractivity contribution is 7.89. The molecule has 0 radical (unpaired) electrons. The highest BCUT2D eigenvalue weighted by Crippen LogP contribution is 2.31. The Morgan fingerprint density at radius 2 is 1.60 bits per heavy atom. The molecule has 0 saturated heterocycles. The van der Waals surface area contributed by atoms with Crippen LogP contribution in [0.1, 0.15) is 39.2 Å².